The Balaban J connectivity index is 2.04. The van der Waals surface area contributed by atoms with E-state index in [4.69, 9.17) is 0 Å². The van der Waals surface area contributed by atoms with Crippen LogP contribution < -0.4 is 16.4 Å². The number of aromatic nitrogens is 2. The van der Waals surface area contributed by atoms with Crippen molar-refractivity contribution in [2.24, 2.45) is 4.99 Å². The number of aromatic amines is 1. The molecule has 0 saturated carbocycles. The van der Waals surface area contributed by atoms with Crippen molar-refractivity contribution < 1.29 is 15.0 Å². The minimum absolute atomic E-state index is 0.0118. The summed E-state index contributed by atoms with van der Waals surface area (Å²) in [5.41, 5.74) is -1.07. The first-order valence-electron chi connectivity index (χ1n) is 7.46. The molecule has 0 spiro atoms. The number of H-pyrrole nitrogens is 1. The Morgan fingerprint density at radius 2 is 1.73 bits per heavy atom. The number of para-hydroxylation sites is 1. The minimum atomic E-state index is -1.32. The molecule has 0 atom stereocenters. The van der Waals surface area contributed by atoms with E-state index in [2.05, 4.69) is 9.98 Å². The van der Waals surface area contributed by atoms with Crippen LogP contribution in [0.3, 0.4) is 0 Å². The molecular weight excluding hydrogens is 338 g/mol. The fourth-order valence-electron chi connectivity index (χ4n) is 2.29. The van der Waals surface area contributed by atoms with E-state index in [1.165, 1.54) is 24.3 Å². The summed E-state index contributed by atoms with van der Waals surface area (Å²) in [4.78, 5) is 40.9. The minimum Gasteiger partial charge on any atom is -0.545 e. The fraction of sp³-hybridized carbons (Fsp3) is 0. The molecule has 0 fully saturated rings. The molecule has 8 heteroatoms. The molecule has 0 unspecified atom stereocenters. The molecule has 0 amide bonds. The molecule has 0 saturated heterocycles. The Labute approximate surface area is 146 Å². The molecule has 3 rings (SSSR count). The van der Waals surface area contributed by atoms with E-state index >= 15 is 0 Å². The molecule has 1 heterocycles. The molecule has 0 aliphatic rings. The van der Waals surface area contributed by atoms with Crippen molar-refractivity contribution >= 4 is 17.9 Å². The van der Waals surface area contributed by atoms with Crippen molar-refractivity contribution in [3.8, 4) is 11.6 Å². The molecule has 1 aromatic heterocycles. The summed E-state index contributed by atoms with van der Waals surface area (Å²) in [5, 5.41) is 21.1. The van der Waals surface area contributed by atoms with Gasteiger partial charge in [-0.25, -0.2) is 9.36 Å². The van der Waals surface area contributed by atoms with Crippen molar-refractivity contribution in [3.05, 3.63) is 86.6 Å². The van der Waals surface area contributed by atoms with E-state index in [1.807, 2.05) is 0 Å². The average molecular weight is 350 g/mol. The van der Waals surface area contributed by atoms with Gasteiger partial charge in [0.1, 0.15) is 5.56 Å². The maximum absolute atomic E-state index is 12.0. The number of carboxylic acids is 1. The normalized spacial score (nSPS) is 10.9. The van der Waals surface area contributed by atoms with Crippen LogP contribution in [0, 0.1) is 0 Å². The topological polar surface area (TPSA) is 128 Å². The van der Waals surface area contributed by atoms with Crippen LogP contribution in [0.4, 0.5) is 5.69 Å². The third-order valence-electron chi connectivity index (χ3n) is 3.58. The number of rotatable bonds is 4. The number of carboxylic acid groups (broad SMARTS) is 1. The predicted octanol–water partition coefficient (Wildman–Crippen LogP) is 0.345. The smallest absolute Gasteiger partial charge is 0.335 e. The quantitative estimate of drug-likeness (QED) is 0.656. The van der Waals surface area contributed by atoms with Crippen molar-refractivity contribution in [3.63, 3.8) is 0 Å². The maximum atomic E-state index is 12.0. The third-order valence-corrected chi connectivity index (χ3v) is 3.58. The molecule has 8 nitrogen and oxygen atoms in total. The van der Waals surface area contributed by atoms with Gasteiger partial charge in [0.05, 0.1) is 17.3 Å². The van der Waals surface area contributed by atoms with Crippen LogP contribution in [0.5, 0.6) is 5.88 Å². The lowest BCUT2D eigenvalue weighted by molar-refractivity contribution is -0.255. The van der Waals surface area contributed by atoms with Crippen molar-refractivity contribution in [1.29, 1.82) is 0 Å². The number of nitrogens with one attached hydrogen (secondary N) is 1. The molecule has 0 radical (unpaired) electrons. The summed E-state index contributed by atoms with van der Waals surface area (Å²) >= 11 is 0. The Hall–Kier alpha value is -3.94. The lowest BCUT2D eigenvalue weighted by Crippen LogP contribution is -2.31. The number of hydrogen-bond acceptors (Lipinski definition) is 6. The van der Waals surface area contributed by atoms with Gasteiger partial charge in [-0.2, -0.15) is 0 Å². The van der Waals surface area contributed by atoms with E-state index in [0.717, 1.165) is 10.8 Å². The van der Waals surface area contributed by atoms with Crippen LogP contribution in [0.25, 0.3) is 5.69 Å². The lowest BCUT2D eigenvalue weighted by Gasteiger charge is -2.09. The summed E-state index contributed by atoms with van der Waals surface area (Å²) in [7, 11) is 0. The van der Waals surface area contributed by atoms with Crippen LogP contribution in [0.1, 0.15) is 15.9 Å². The first-order valence-corrected chi connectivity index (χ1v) is 7.46. The second-order valence-corrected chi connectivity index (χ2v) is 5.26. The van der Waals surface area contributed by atoms with Gasteiger partial charge in [0.15, 0.2) is 0 Å². The zero-order valence-electron chi connectivity index (χ0n) is 13.2. The van der Waals surface area contributed by atoms with Gasteiger partial charge < -0.3 is 15.0 Å². The Kier molecular flexibility index (Phi) is 4.48. The molecule has 2 aromatic carbocycles. The first kappa shape index (κ1) is 16.9. The summed E-state index contributed by atoms with van der Waals surface area (Å²) in [6, 6.07) is 13.7. The summed E-state index contributed by atoms with van der Waals surface area (Å²) in [5.74, 6) is -1.87. The molecule has 0 bridgehead atoms. The first-order chi connectivity index (χ1) is 12.5. The van der Waals surface area contributed by atoms with Gasteiger partial charge in [0.2, 0.25) is 5.88 Å². The zero-order chi connectivity index (χ0) is 18.7. The van der Waals surface area contributed by atoms with Crippen molar-refractivity contribution in [2.75, 3.05) is 0 Å². The predicted molar refractivity (Wildman–Crippen MR) is 92.4 cm³/mol. The molecule has 26 heavy (non-hydrogen) atoms. The summed E-state index contributed by atoms with van der Waals surface area (Å²) in [6.07, 6.45) is 1.10. The van der Waals surface area contributed by atoms with Gasteiger partial charge in [0.25, 0.3) is 5.56 Å². The second kappa shape index (κ2) is 6.89. The fourth-order valence-corrected chi connectivity index (χ4v) is 2.29. The zero-order valence-corrected chi connectivity index (χ0v) is 13.2. The lowest BCUT2D eigenvalue weighted by atomic mass is 10.2. The van der Waals surface area contributed by atoms with E-state index in [9.17, 15) is 24.6 Å². The maximum Gasteiger partial charge on any atom is 0.335 e. The Bertz CT molecular complexity index is 1100. The number of nitrogens with zero attached hydrogens (tertiary/aromatic N) is 2. The standard InChI is InChI=1S/C18H13N3O5/c22-15-14(10-19-12-8-6-11(7-9-12)17(24)25)16(23)21(18(26)20-15)13-4-2-1-3-5-13/h1-10,23H,(H,24,25)(H,20,22,26)/p-1. The van der Waals surface area contributed by atoms with E-state index < -0.39 is 23.1 Å². The molecular formula is C18H12N3O5-. The molecule has 3 aromatic rings. The number of aliphatic imine (C=N–C) groups is 1. The highest BCUT2D eigenvalue weighted by Crippen LogP contribution is 2.17. The van der Waals surface area contributed by atoms with Gasteiger partial charge in [-0.05, 0) is 29.8 Å². The third kappa shape index (κ3) is 3.29. The second-order valence-electron chi connectivity index (χ2n) is 5.26. The molecule has 2 N–H and O–H groups in total. The highest BCUT2D eigenvalue weighted by Gasteiger charge is 2.13. The molecule has 130 valence electrons. The van der Waals surface area contributed by atoms with Crippen LogP contribution in [0.2, 0.25) is 0 Å². The monoisotopic (exact) mass is 350 g/mol. The van der Waals surface area contributed by atoms with Gasteiger partial charge in [0, 0.05) is 6.21 Å². The summed E-state index contributed by atoms with van der Waals surface area (Å²) in [6.45, 7) is 0. The largest absolute Gasteiger partial charge is 0.545 e. The summed E-state index contributed by atoms with van der Waals surface area (Å²) < 4.78 is 0.946. The highest BCUT2D eigenvalue weighted by atomic mass is 16.4. The number of carbonyl (C=O) groups excluding carboxylic acids is 1. The van der Waals surface area contributed by atoms with E-state index in [0.29, 0.717) is 11.4 Å². The van der Waals surface area contributed by atoms with Gasteiger partial charge in [-0.15, -0.1) is 0 Å². The number of hydrogen-bond donors (Lipinski definition) is 2. The Morgan fingerprint density at radius 1 is 1.08 bits per heavy atom. The van der Waals surface area contributed by atoms with Crippen LogP contribution in [0.15, 0.2) is 69.2 Å². The van der Waals surface area contributed by atoms with Gasteiger partial charge in [-0.1, -0.05) is 30.3 Å². The van der Waals surface area contributed by atoms with Gasteiger partial charge in [-0.3, -0.25) is 14.8 Å². The van der Waals surface area contributed by atoms with Crippen LogP contribution in [-0.2, 0) is 0 Å². The number of aromatic carboxylic acids is 1. The number of aromatic hydroxyl groups is 1. The molecule has 0 aliphatic heterocycles. The van der Waals surface area contributed by atoms with Crippen molar-refractivity contribution in [1.82, 2.24) is 9.55 Å². The van der Waals surface area contributed by atoms with E-state index in [-0.39, 0.29) is 11.1 Å². The molecule has 0 aliphatic carbocycles. The number of carbonyl (C=O) groups is 1. The number of benzene rings is 2. The van der Waals surface area contributed by atoms with Crippen molar-refractivity contribution in [2.45, 2.75) is 0 Å². The SMILES string of the molecule is O=C([O-])c1ccc(N=Cc2c(O)n(-c3ccccc3)c(=O)[nH]c2=O)cc1. The van der Waals surface area contributed by atoms with Crippen LogP contribution in [-0.4, -0.2) is 26.8 Å². The van der Waals surface area contributed by atoms with Crippen LogP contribution >= 0.6 is 0 Å². The highest BCUT2D eigenvalue weighted by molar-refractivity contribution is 5.87. The Morgan fingerprint density at radius 3 is 2.35 bits per heavy atom. The average Bonchev–Trinajstić information content (AvgIpc) is 2.62. The van der Waals surface area contributed by atoms with Gasteiger partial charge >= 0.3 is 5.69 Å². The van der Waals surface area contributed by atoms with E-state index in [1.54, 1.807) is 30.3 Å².